The number of ether oxygens (including phenoxy) is 1. The second-order valence-corrected chi connectivity index (χ2v) is 9.14. The highest BCUT2D eigenvalue weighted by Crippen LogP contribution is 2.33. The number of likely N-dealkylation sites (N-methyl/N-ethyl adjacent to an activating group) is 1. The predicted molar refractivity (Wildman–Crippen MR) is 151 cm³/mol. The Hall–Kier alpha value is -2.28. The number of nitrogens with one attached hydrogen (secondary N) is 1. The van der Waals surface area contributed by atoms with Crippen molar-refractivity contribution in [1.29, 1.82) is 0 Å². The summed E-state index contributed by atoms with van der Waals surface area (Å²) in [5.74, 6) is -2.87. The van der Waals surface area contributed by atoms with E-state index in [0.29, 0.717) is 11.6 Å². The van der Waals surface area contributed by atoms with Gasteiger partial charge in [-0.1, -0.05) is 39.3 Å². The molecule has 2 N–H and O–H groups in total. The first kappa shape index (κ1) is 37.9. The van der Waals surface area contributed by atoms with E-state index in [-0.39, 0.29) is 30.3 Å². The van der Waals surface area contributed by atoms with Crippen LogP contribution in [0.4, 0.5) is 8.78 Å². The molecule has 0 fully saturated rings. The normalized spacial score (nSPS) is 9.97. The maximum atomic E-state index is 14.5. The van der Waals surface area contributed by atoms with E-state index in [1.165, 1.54) is 34.1 Å². The Balaban J connectivity index is 0. The van der Waals surface area contributed by atoms with Crippen LogP contribution in [-0.4, -0.2) is 85.9 Å². The molecule has 0 saturated carbocycles. The van der Waals surface area contributed by atoms with Gasteiger partial charge in [-0.3, -0.25) is 14.9 Å². The molecule has 0 aliphatic carbocycles. The van der Waals surface area contributed by atoms with E-state index in [1.54, 1.807) is 11.9 Å². The van der Waals surface area contributed by atoms with E-state index in [1.807, 2.05) is 53.7 Å². The van der Waals surface area contributed by atoms with E-state index in [4.69, 9.17) is 21.5 Å². The number of amides is 1. The number of nitrogens with zero attached hydrogens (tertiary/aromatic N) is 3. The first-order valence-corrected chi connectivity index (χ1v) is 13.2. The van der Waals surface area contributed by atoms with Crippen molar-refractivity contribution < 1.29 is 28.3 Å². The zero-order valence-corrected chi connectivity index (χ0v) is 25.0. The van der Waals surface area contributed by atoms with E-state index >= 15 is 0 Å². The van der Waals surface area contributed by atoms with Crippen LogP contribution in [0.5, 0.6) is 11.5 Å². The second-order valence-electron chi connectivity index (χ2n) is 7.53. The number of rotatable bonds is 11. The van der Waals surface area contributed by atoms with Crippen LogP contribution in [0.2, 0.25) is 5.02 Å². The van der Waals surface area contributed by atoms with E-state index < -0.39 is 23.3 Å². The molecular formula is C26H41ClF2N4O4S. The first-order chi connectivity index (χ1) is 18.0. The van der Waals surface area contributed by atoms with Gasteiger partial charge in [0.15, 0.2) is 17.4 Å². The molecule has 2 aromatic carbocycles. The third-order valence-corrected chi connectivity index (χ3v) is 5.07. The minimum Gasteiger partial charge on any atom is -0.451 e. The van der Waals surface area contributed by atoms with Gasteiger partial charge in [0.2, 0.25) is 0 Å². The number of hydroxylamine groups is 1. The maximum absolute atomic E-state index is 14.5. The highest BCUT2D eigenvalue weighted by molar-refractivity contribution is 7.97. The van der Waals surface area contributed by atoms with Crippen LogP contribution < -0.4 is 10.2 Å². The Labute approximate surface area is 235 Å². The van der Waals surface area contributed by atoms with Gasteiger partial charge in [-0.25, -0.2) is 18.6 Å². The Morgan fingerprint density at radius 3 is 1.97 bits per heavy atom. The summed E-state index contributed by atoms with van der Waals surface area (Å²) < 4.78 is 35.7. The van der Waals surface area contributed by atoms with Gasteiger partial charge in [-0.2, -0.15) is 0 Å². The molecule has 0 unspecified atom stereocenters. The molecule has 0 aliphatic heterocycles. The average molecular weight is 579 g/mol. The summed E-state index contributed by atoms with van der Waals surface area (Å²) in [5, 5.41) is 9.22. The van der Waals surface area contributed by atoms with Crippen molar-refractivity contribution in [1.82, 2.24) is 19.6 Å². The fraction of sp³-hybridized carbons (Fsp3) is 0.462. The fourth-order valence-corrected chi connectivity index (χ4v) is 3.40. The second kappa shape index (κ2) is 22.7. The quantitative estimate of drug-likeness (QED) is 0.155. The van der Waals surface area contributed by atoms with Crippen LogP contribution in [0.15, 0.2) is 41.3 Å². The molecule has 0 saturated heterocycles. The molecule has 0 spiro atoms. The standard InChI is InChI=1S/C19H20ClF2N3O4S.C3H9N.2C2H6/c1-24(8-9-26)6-7-25(12-18(27)23-28)30-15-10-16(21)19(17(22)11-15)29-14-4-2-13(20)3-5-14;1-4(2)3;2*1-2/h2-5,9-11,28H,6-8,12H2,1H3,(H,23,27);1-3H3;2*1-2H3. The number of carbonyl (C=O) groups excluding carboxylic acids is 2. The van der Waals surface area contributed by atoms with Crippen molar-refractivity contribution in [3.63, 3.8) is 0 Å². The number of aldehydes is 1. The monoisotopic (exact) mass is 578 g/mol. The zero-order chi connectivity index (χ0) is 29.7. The molecule has 0 bridgehead atoms. The third-order valence-electron chi connectivity index (χ3n) is 3.80. The smallest absolute Gasteiger partial charge is 0.258 e. The highest BCUT2D eigenvalue weighted by atomic mass is 35.5. The molecule has 0 aliphatic rings. The molecule has 8 nitrogen and oxygen atoms in total. The van der Waals surface area contributed by atoms with Gasteiger partial charge in [0.1, 0.15) is 12.0 Å². The van der Waals surface area contributed by atoms with Crippen LogP contribution >= 0.6 is 23.5 Å². The van der Waals surface area contributed by atoms with Gasteiger partial charge in [-0.05, 0) is 76.5 Å². The minimum absolute atomic E-state index is 0.192. The summed E-state index contributed by atoms with van der Waals surface area (Å²) in [5.41, 5.74) is 1.52. The summed E-state index contributed by atoms with van der Waals surface area (Å²) in [6.07, 6.45) is 0.738. The molecule has 2 rings (SSSR count). The molecule has 38 heavy (non-hydrogen) atoms. The molecule has 216 valence electrons. The lowest BCUT2D eigenvalue weighted by atomic mass is 10.3. The summed E-state index contributed by atoms with van der Waals surface area (Å²) in [6, 6.07) is 8.19. The maximum Gasteiger partial charge on any atom is 0.258 e. The fourth-order valence-electron chi connectivity index (χ4n) is 2.31. The number of benzene rings is 2. The van der Waals surface area contributed by atoms with Gasteiger partial charge in [-0.15, -0.1) is 0 Å². The zero-order valence-electron chi connectivity index (χ0n) is 23.4. The Bertz CT molecular complexity index is 899. The Kier molecular flexibility index (Phi) is 22.6. The van der Waals surface area contributed by atoms with Gasteiger partial charge in [0, 0.05) is 23.0 Å². The summed E-state index contributed by atoms with van der Waals surface area (Å²) in [7, 11) is 7.71. The predicted octanol–water partition coefficient (Wildman–Crippen LogP) is 5.59. The van der Waals surface area contributed by atoms with Crippen molar-refractivity contribution in [3.05, 3.63) is 53.1 Å². The SMILES string of the molecule is CC.CC.CN(C)C.CN(CC=O)CCN(CC(=O)NO)Sc1cc(F)c(Oc2ccc(Cl)cc2)c(F)c1. The average Bonchev–Trinajstić information content (AvgIpc) is 2.88. The number of hydrogen-bond acceptors (Lipinski definition) is 8. The molecule has 1 amide bonds. The molecule has 0 atom stereocenters. The lowest BCUT2D eigenvalue weighted by molar-refractivity contribution is -0.129. The first-order valence-electron chi connectivity index (χ1n) is 12.1. The largest absolute Gasteiger partial charge is 0.451 e. The van der Waals surface area contributed by atoms with Crippen LogP contribution in [0.3, 0.4) is 0 Å². The van der Waals surface area contributed by atoms with Crippen molar-refractivity contribution in [2.75, 3.05) is 54.4 Å². The van der Waals surface area contributed by atoms with Gasteiger partial charge >= 0.3 is 0 Å². The molecule has 0 radical (unpaired) electrons. The van der Waals surface area contributed by atoms with Crippen LogP contribution in [-0.2, 0) is 9.59 Å². The summed E-state index contributed by atoms with van der Waals surface area (Å²) in [4.78, 5) is 26.0. The molecule has 2 aromatic rings. The topological polar surface area (TPSA) is 85.4 Å². The minimum atomic E-state index is -0.919. The van der Waals surface area contributed by atoms with Crippen molar-refractivity contribution in [2.24, 2.45) is 0 Å². The van der Waals surface area contributed by atoms with Gasteiger partial charge in [0.25, 0.3) is 5.91 Å². The lowest BCUT2D eigenvalue weighted by Crippen LogP contribution is -2.36. The summed E-state index contributed by atoms with van der Waals surface area (Å²) in [6.45, 7) is 8.66. The molecule has 0 aromatic heterocycles. The highest BCUT2D eigenvalue weighted by Gasteiger charge is 2.18. The summed E-state index contributed by atoms with van der Waals surface area (Å²) >= 11 is 6.71. The van der Waals surface area contributed by atoms with E-state index in [9.17, 15) is 18.4 Å². The van der Waals surface area contributed by atoms with E-state index in [0.717, 1.165) is 30.4 Å². The van der Waals surface area contributed by atoms with Gasteiger partial charge < -0.3 is 14.4 Å². The molecule has 12 heteroatoms. The van der Waals surface area contributed by atoms with Crippen molar-refractivity contribution in [2.45, 2.75) is 32.6 Å². The van der Waals surface area contributed by atoms with Crippen LogP contribution in [0.25, 0.3) is 0 Å². The van der Waals surface area contributed by atoms with E-state index in [2.05, 4.69) is 0 Å². The molecular weight excluding hydrogens is 538 g/mol. The van der Waals surface area contributed by atoms with Crippen LogP contribution in [0.1, 0.15) is 27.7 Å². The third kappa shape index (κ3) is 17.3. The number of hydrogen-bond donors (Lipinski definition) is 2. The number of carbonyl (C=O) groups is 2. The molecule has 0 heterocycles. The lowest BCUT2D eigenvalue weighted by Gasteiger charge is -2.23. The Morgan fingerprint density at radius 2 is 1.53 bits per heavy atom. The Morgan fingerprint density at radius 1 is 1.03 bits per heavy atom. The van der Waals surface area contributed by atoms with Crippen molar-refractivity contribution >= 4 is 35.7 Å². The van der Waals surface area contributed by atoms with Crippen molar-refractivity contribution in [3.8, 4) is 11.5 Å². The number of halogens is 3. The van der Waals surface area contributed by atoms with Gasteiger partial charge in [0.05, 0.1) is 13.1 Å². The van der Waals surface area contributed by atoms with Crippen LogP contribution in [0, 0.1) is 11.6 Å².